The monoisotopic (exact) mass is 217 g/mol. The molecule has 16 heavy (non-hydrogen) atoms. The Morgan fingerprint density at radius 1 is 1.25 bits per heavy atom. The summed E-state index contributed by atoms with van der Waals surface area (Å²) in [6, 6.07) is 6.02. The van der Waals surface area contributed by atoms with Gasteiger partial charge in [-0.2, -0.15) is 0 Å². The molecule has 3 nitrogen and oxygen atoms in total. The molecule has 0 spiro atoms. The van der Waals surface area contributed by atoms with Crippen LogP contribution in [0.2, 0.25) is 0 Å². The van der Waals surface area contributed by atoms with Crippen LogP contribution < -0.4 is 0 Å². The Labute approximate surface area is 96.5 Å². The summed E-state index contributed by atoms with van der Waals surface area (Å²) in [5.74, 6) is 1.58. The summed E-state index contributed by atoms with van der Waals surface area (Å²) >= 11 is 0. The molecule has 1 unspecified atom stereocenters. The molecule has 0 bridgehead atoms. The molecule has 0 fully saturated rings. The first-order valence-electron chi connectivity index (χ1n) is 6.12. The second-order valence-electron chi connectivity index (χ2n) is 4.38. The Kier molecular flexibility index (Phi) is 3.54. The molecule has 2 aromatic heterocycles. The Morgan fingerprint density at radius 2 is 2.12 bits per heavy atom. The van der Waals surface area contributed by atoms with E-state index >= 15 is 0 Å². The van der Waals surface area contributed by atoms with Gasteiger partial charge in [-0.25, -0.2) is 0 Å². The number of aromatic nitrogens is 3. The van der Waals surface area contributed by atoms with Crippen LogP contribution >= 0.6 is 0 Å². The summed E-state index contributed by atoms with van der Waals surface area (Å²) in [7, 11) is 0. The number of rotatable bonds is 5. The molecule has 0 radical (unpaired) electrons. The summed E-state index contributed by atoms with van der Waals surface area (Å²) in [6.07, 6.45) is 7.10. The van der Waals surface area contributed by atoms with Crippen LogP contribution in [0.15, 0.2) is 24.4 Å². The average molecular weight is 217 g/mol. The van der Waals surface area contributed by atoms with E-state index in [0.717, 1.165) is 11.5 Å². The first-order chi connectivity index (χ1) is 7.83. The van der Waals surface area contributed by atoms with E-state index in [4.69, 9.17) is 0 Å². The fraction of sp³-hybridized carbons (Fsp3) is 0.538. The third-order valence-corrected chi connectivity index (χ3v) is 3.02. The molecule has 0 saturated heterocycles. The zero-order chi connectivity index (χ0) is 11.4. The van der Waals surface area contributed by atoms with Crippen LogP contribution in [0.5, 0.6) is 0 Å². The van der Waals surface area contributed by atoms with E-state index in [-0.39, 0.29) is 0 Å². The Morgan fingerprint density at radius 3 is 2.94 bits per heavy atom. The van der Waals surface area contributed by atoms with E-state index in [1.54, 1.807) is 0 Å². The van der Waals surface area contributed by atoms with Gasteiger partial charge in [0.2, 0.25) is 0 Å². The van der Waals surface area contributed by atoms with E-state index in [9.17, 15) is 0 Å². The molecule has 2 rings (SSSR count). The largest absolute Gasteiger partial charge is 0.286 e. The summed E-state index contributed by atoms with van der Waals surface area (Å²) in [6.45, 7) is 4.47. The normalized spacial score (nSPS) is 13.1. The number of hydrogen-bond acceptors (Lipinski definition) is 2. The first kappa shape index (κ1) is 11.1. The maximum atomic E-state index is 4.29. The topological polar surface area (TPSA) is 30.2 Å². The van der Waals surface area contributed by atoms with E-state index < -0.39 is 0 Å². The third kappa shape index (κ3) is 2.23. The molecule has 0 aliphatic heterocycles. The van der Waals surface area contributed by atoms with Crippen molar-refractivity contribution in [1.29, 1.82) is 0 Å². The lowest BCUT2D eigenvalue weighted by Gasteiger charge is -2.08. The Hall–Kier alpha value is -1.38. The van der Waals surface area contributed by atoms with Crippen molar-refractivity contribution in [2.75, 3.05) is 0 Å². The van der Waals surface area contributed by atoms with E-state index in [1.807, 2.05) is 24.4 Å². The molecule has 0 aromatic carbocycles. The summed E-state index contributed by atoms with van der Waals surface area (Å²) < 4.78 is 2.09. The zero-order valence-electron chi connectivity index (χ0n) is 10.1. The quantitative estimate of drug-likeness (QED) is 0.718. The van der Waals surface area contributed by atoms with Crippen molar-refractivity contribution in [3.05, 3.63) is 30.2 Å². The van der Waals surface area contributed by atoms with Gasteiger partial charge in [-0.05, 0) is 18.6 Å². The number of hydrogen-bond donors (Lipinski definition) is 0. The second kappa shape index (κ2) is 5.10. The average Bonchev–Trinajstić information content (AvgIpc) is 2.73. The molecule has 1 atom stereocenters. The van der Waals surface area contributed by atoms with Crippen molar-refractivity contribution < 1.29 is 0 Å². The molecular formula is C13H19N3. The lowest BCUT2D eigenvalue weighted by Crippen LogP contribution is -2.00. The fourth-order valence-electron chi connectivity index (χ4n) is 2.03. The van der Waals surface area contributed by atoms with E-state index in [0.29, 0.717) is 5.92 Å². The molecule has 2 aromatic rings. The molecule has 0 aliphatic carbocycles. The molecule has 0 N–H and O–H groups in total. The third-order valence-electron chi connectivity index (χ3n) is 3.02. The lowest BCUT2D eigenvalue weighted by molar-refractivity contribution is 0.571. The number of pyridine rings is 1. The van der Waals surface area contributed by atoms with Crippen molar-refractivity contribution in [3.63, 3.8) is 0 Å². The van der Waals surface area contributed by atoms with Gasteiger partial charge < -0.3 is 0 Å². The minimum absolute atomic E-state index is 0.490. The maximum absolute atomic E-state index is 4.29. The minimum atomic E-state index is 0.490. The van der Waals surface area contributed by atoms with Gasteiger partial charge in [0.1, 0.15) is 5.82 Å². The van der Waals surface area contributed by atoms with Gasteiger partial charge >= 0.3 is 0 Å². The van der Waals surface area contributed by atoms with Crippen molar-refractivity contribution in [2.24, 2.45) is 0 Å². The second-order valence-corrected chi connectivity index (χ2v) is 4.38. The van der Waals surface area contributed by atoms with Crippen LogP contribution in [0.4, 0.5) is 0 Å². The van der Waals surface area contributed by atoms with Gasteiger partial charge in [-0.3, -0.25) is 4.40 Å². The fourth-order valence-corrected chi connectivity index (χ4v) is 2.03. The van der Waals surface area contributed by atoms with Gasteiger partial charge in [-0.1, -0.05) is 39.2 Å². The molecule has 86 valence electrons. The standard InChI is InChI=1S/C13H19N3/c1-3-4-5-8-11(2)13-15-14-12-9-6-7-10-16(12)13/h6-7,9-11H,3-5,8H2,1-2H3. The van der Waals surface area contributed by atoms with Crippen LogP contribution in [0.25, 0.3) is 5.65 Å². The Balaban J connectivity index is 2.13. The maximum Gasteiger partial charge on any atom is 0.160 e. The van der Waals surface area contributed by atoms with Crippen molar-refractivity contribution in [3.8, 4) is 0 Å². The van der Waals surface area contributed by atoms with Gasteiger partial charge in [0.05, 0.1) is 0 Å². The highest BCUT2D eigenvalue weighted by Gasteiger charge is 2.12. The smallest absolute Gasteiger partial charge is 0.160 e. The van der Waals surface area contributed by atoms with Crippen molar-refractivity contribution >= 4 is 5.65 Å². The van der Waals surface area contributed by atoms with Crippen molar-refractivity contribution in [2.45, 2.75) is 45.4 Å². The SMILES string of the molecule is CCCCCC(C)c1nnc2ccccn12. The number of fused-ring (bicyclic) bond motifs is 1. The van der Waals surface area contributed by atoms with Crippen LogP contribution in [0.3, 0.4) is 0 Å². The Bertz CT molecular complexity index is 447. The van der Waals surface area contributed by atoms with Gasteiger partial charge in [0.15, 0.2) is 5.65 Å². The van der Waals surface area contributed by atoms with Crippen LogP contribution in [0.1, 0.15) is 51.3 Å². The summed E-state index contributed by atoms with van der Waals surface area (Å²) in [4.78, 5) is 0. The summed E-state index contributed by atoms with van der Waals surface area (Å²) in [5, 5.41) is 8.47. The molecule has 0 aliphatic rings. The lowest BCUT2D eigenvalue weighted by atomic mass is 10.0. The predicted octanol–water partition coefficient (Wildman–Crippen LogP) is 3.41. The van der Waals surface area contributed by atoms with Crippen LogP contribution in [-0.2, 0) is 0 Å². The van der Waals surface area contributed by atoms with Gasteiger partial charge in [0.25, 0.3) is 0 Å². The van der Waals surface area contributed by atoms with E-state index in [1.165, 1.54) is 25.7 Å². The molecular weight excluding hydrogens is 198 g/mol. The molecule has 0 amide bonds. The van der Waals surface area contributed by atoms with Gasteiger partial charge in [0, 0.05) is 12.1 Å². The zero-order valence-corrected chi connectivity index (χ0v) is 10.1. The first-order valence-corrected chi connectivity index (χ1v) is 6.12. The number of nitrogens with zero attached hydrogens (tertiary/aromatic N) is 3. The van der Waals surface area contributed by atoms with Gasteiger partial charge in [-0.15, -0.1) is 10.2 Å². The van der Waals surface area contributed by atoms with E-state index in [2.05, 4.69) is 28.4 Å². The van der Waals surface area contributed by atoms with Crippen molar-refractivity contribution in [1.82, 2.24) is 14.6 Å². The highest BCUT2D eigenvalue weighted by atomic mass is 15.2. The summed E-state index contributed by atoms with van der Waals surface area (Å²) in [5.41, 5.74) is 0.944. The highest BCUT2D eigenvalue weighted by Crippen LogP contribution is 2.20. The number of unbranched alkanes of at least 4 members (excludes halogenated alkanes) is 2. The van der Waals surface area contributed by atoms with Crippen LogP contribution in [0, 0.1) is 0 Å². The predicted molar refractivity (Wildman–Crippen MR) is 65.5 cm³/mol. The highest BCUT2D eigenvalue weighted by molar-refractivity contribution is 5.37. The molecule has 3 heteroatoms. The molecule has 2 heterocycles. The van der Waals surface area contributed by atoms with Crippen LogP contribution in [-0.4, -0.2) is 14.6 Å². The minimum Gasteiger partial charge on any atom is -0.286 e. The molecule has 0 saturated carbocycles.